The van der Waals surface area contributed by atoms with Crippen LogP contribution in [0.4, 0.5) is 13.6 Å². The van der Waals surface area contributed by atoms with Crippen LogP contribution in [0.1, 0.15) is 74.4 Å². The molecule has 1 unspecified atom stereocenters. The molecule has 50 heavy (non-hydrogen) atoms. The van der Waals surface area contributed by atoms with Gasteiger partial charge in [-0.15, -0.1) is 0 Å². The van der Waals surface area contributed by atoms with Crippen molar-refractivity contribution in [2.24, 2.45) is 5.92 Å². The highest BCUT2D eigenvalue weighted by Gasteiger charge is 2.45. The zero-order valence-corrected chi connectivity index (χ0v) is 28.1. The van der Waals surface area contributed by atoms with Crippen LogP contribution in [0, 0.1) is 5.92 Å². The summed E-state index contributed by atoms with van der Waals surface area (Å²) >= 11 is 0. The number of benzene rings is 3. The van der Waals surface area contributed by atoms with E-state index < -0.39 is 18.1 Å². The summed E-state index contributed by atoms with van der Waals surface area (Å²) in [5.41, 5.74) is 5.33. The summed E-state index contributed by atoms with van der Waals surface area (Å²) in [6.45, 7) is 5.25. The van der Waals surface area contributed by atoms with Gasteiger partial charge < -0.3 is 30.2 Å². The molecule has 0 radical (unpaired) electrons. The van der Waals surface area contributed by atoms with Crippen LogP contribution in [-0.4, -0.2) is 63.1 Å². The van der Waals surface area contributed by atoms with Gasteiger partial charge in [0.2, 0.25) is 5.91 Å². The van der Waals surface area contributed by atoms with E-state index >= 15 is 8.78 Å². The Bertz CT molecular complexity index is 2120. The quantitative estimate of drug-likeness (QED) is 0.144. The summed E-state index contributed by atoms with van der Waals surface area (Å²) < 4.78 is 37.1. The number of hydrogen-bond acceptors (Lipinski definition) is 6. The van der Waals surface area contributed by atoms with Crippen molar-refractivity contribution < 1.29 is 23.1 Å². The second-order valence-corrected chi connectivity index (χ2v) is 13.8. The van der Waals surface area contributed by atoms with E-state index in [1.165, 1.54) is 7.11 Å². The maximum Gasteiger partial charge on any atom is 0.407 e. The summed E-state index contributed by atoms with van der Waals surface area (Å²) in [5.74, 6) is -2.01. The van der Waals surface area contributed by atoms with Gasteiger partial charge in [0.05, 0.1) is 42.1 Å². The molecule has 2 saturated heterocycles. The Balaban J connectivity index is 1.05. The second-order valence-electron chi connectivity index (χ2n) is 13.8. The number of likely N-dealkylation sites (tertiary alicyclic amines) is 1. The summed E-state index contributed by atoms with van der Waals surface area (Å²) in [7, 11) is 1.27. The van der Waals surface area contributed by atoms with Gasteiger partial charge >= 0.3 is 6.09 Å². The molecule has 3 atom stereocenters. The fourth-order valence-corrected chi connectivity index (χ4v) is 7.71. The molecule has 0 bridgehead atoms. The first kappa shape index (κ1) is 32.1. The van der Waals surface area contributed by atoms with Crippen molar-refractivity contribution in [3.63, 3.8) is 0 Å². The molecule has 4 heterocycles. The fraction of sp³-hybridized carbons (Fsp3) is 0.368. The maximum absolute atomic E-state index is 16.2. The predicted octanol–water partition coefficient (Wildman–Crippen LogP) is 7.21. The third-order valence-corrected chi connectivity index (χ3v) is 10.4. The fourth-order valence-electron chi connectivity index (χ4n) is 7.71. The van der Waals surface area contributed by atoms with Crippen LogP contribution < -0.4 is 10.6 Å². The number of nitrogens with one attached hydrogen (secondary N) is 4. The Labute approximate surface area is 288 Å². The van der Waals surface area contributed by atoms with Crippen LogP contribution in [0.25, 0.3) is 44.5 Å². The number of imidazole rings is 2. The zero-order chi connectivity index (χ0) is 34.7. The number of rotatable bonds is 7. The number of hydrogen-bond donors (Lipinski definition) is 4. The number of nitrogens with zero attached hydrogens (tertiary/aromatic N) is 3. The molecule has 0 spiro atoms. The number of aromatic amines is 2. The molecule has 3 aliphatic rings. The highest BCUT2D eigenvalue weighted by Crippen LogP contribution is 2.52. The van der Waals surface area contributed by atoms with Crippen molar-refractivity contribution >= 4 is 23.0 Å². The number of alkyl halides is 2. The maximum atomic E-state index is 16.2. The highest BCUT2D eigenvalue weighted by atomic mass is 19.3. The van der Waals surface area contributed by atoms with E-state index in [1.807, 2.05) is 44.2 Å². The van der Waals surface area contributed by atoms with Crippen molar-refractivity contribution in [3.8, 4) is 33.5 Å². The van der Waals surface area contributed by atoms with Gasteiger partial charge in [0.25, 0.3) is 5.92 Å². The summed E-state index contributed by atoms with van der Waals surface area (Å²) in [4.78, 5) is 43.4. The molecule has 2 fully saturated rings. The van der Waals surface area contributed by atoms with Crippen molar-refractivity contribution in [3.05, 3.63) is 83.6 Å². The molecule has 2 aromatic heterocycles. The minimum Gasteiger partial charge on any atom is -0.453 e. The van der Waals surface area contributed by atoms with Crippen LogP contribution in [-0.2, 0) is 15.5 Å². The third kappa shape index (κ3) is 5.42. The molecule has 0 saturated carbocycles. The third-order valence-electron chi connectivity index (χ3n) is 10.4. The molecule has 12 heteroatoms. The van der Waals surface area contributed by atoms with Gasteiger partial charge in [0.1, 0.15) is 17.7 Å². The Hall–Kier alpha value is -5.10. The van der Waals surface area contributed by atoms with Gasteiger partial charge in [-0.2, -0.15) is 8.78 Å². The number of carbonyl (C=O) groups is 2. The number of halogens is 2. The average molecular weight is 680 g/mol. The van der Waals surface area contributed by atoms with Crippen LogP contribution in [0.5, 0.6) is 0 Å². The summed E-state index contributed by atoms with van der Waals surface area (Å²) in [6, 6.07) is 15.3. The molecular formula is C38H39F2N7O3. The summed E-state index contributed by atoms with van der Waals surface area (Å²) in [5, 5.41) is 6.09. The number of fused-ring (bicyclic) bond motifs is 4. The number of alkyl carbamates (subject to hydrolysis) is 1. The van der Waals surface area contributed by atoms with Gasteiger partial charge in [-0.3, -0.25) is 4.79 Å². The highest BCUT2D eigenvalue weighted by molar-refractivity contribution is 5.88. The molecule has 4 N–H and O–H groups in total. The monoisotopic (exact) mass is 679 g/mol. The van der Waals surface area contributed by atoms with Gasteiger partial charge in [-0.1, -0.05) is 44.2 Å². The van der Waals surface area contributed by atoms with Crippen LogP contribution in [0.15, 0.2) is 60.8 Å². The summed E-state index contributed by atoms with van der Waals surface area (Å²) in [6.07, 6.45) is 4.68. The molecule has 2 aliphatic heterocycles. The van der Waals surface area contributed by atoms with E-state index in [4.69, 9.17) is 9.72 Å². The lowest BCUT2D eigenvalue weighted by Gasteiger charge is -2.29. The van der Waals surface area contributed by atoms with Crippen LogP contribution in [0.3, 0.4) is 0 Å². The number of H-pyrrole nitrogens is 2. The predicted molar refractivity (Wildman–Crippen MR) is 185 cm³/mol. The largest absolute Gasteiger partial charge is 0.453 e. The standard InChI is InChI=1S/C38H39F2N7O3/c1-20(2)33(46-37(49)50-3)36(48)47-15-5-7-32(47)35-43-28-13-10-22(18-30(28)44-35)21-8-11-24-25-12-9-23(17-27(25)38(39,40)26(24)16-21)31-19-42-34(45-31)29-6-4-14-41-29/h8-13,16-20,29,32-33,41H,4-7,14-15H2,1-3H3,(H,42,45)(H,43,44)(H,46,49)/t29?,32-,33-/m0/s1. The lowest BCUT2D eigenvalue weighted by molar-refractivity contribution is -0.135. The molecule has 2 amide bonds. The molecular weight excluding hydrogens is 640 g/mol. The second kappa shape index (κ2) is 12.3. The van der Waals surface area contributed by atoms with E-state index in [0.29, 0.717) is 40.1 Å². The Kier molecular flexibility index (Phi) is 7.93. The SMILES string of the molecule is COC(=O)N[C@H](C(=O)N1CCC[C@H]1c1nc2ccc(-c3ccc4c(c3)C(F)(F)c3cc(-c5cnc(C6CCCN6)[nH]5)ccc3-4)cc2[nH]1)C(C)C. The van der Waals surface area contributed by atoms with E-state index in [0.717, 1.165) is 54.8 Å². The topological polar surface area (TPSA) is 128 Å². The van der Waals surface area contributed by atoms with Gasteiger partial charge in [-0.05, 0) is 84.7 Å². The van der Waals surface area contributed by atoms with Crippen LogP contribution in [0.2, 0.25) is 0 Å². The molecule has 1 aliphatic carbocycles. The minimum absolute atomic E-state index is 0.0110. The van der Waals surface area contributed by atoms with Gasteiger partial charge in [-0.25, -0.2) is 14.8 Å². The first-order valence-electron chi connectivity index (χ1n) is 17.2. The van der Waals surface area contributed by atoms with Crippen molar-refractivity contribution in [2.75, 3.05) is 20.2 Å². The Morgan fingerprint density at radius 1 is 0.940 bits per heavy atom. The lowest BCUT2D eigenvalue weighted by atomic mass is 9.98. The van der Waals surface area contributed by atoms with Crippen molar-refractivity contribution in [1.29, 1.82) is 0 Å². The number of aromatic nitrogens is 4. The number of carbonyl (C=O) groups excluding carboxylic acids is 2. The molecule has 5 aromatic rings. The van der Waals surface area contributed by atoms with Crippen molar-refractivity contribution in [2.45, 2.75) is 63.6 Å². The Morgan fingerprint density at radius 2 is 1.66 bits per heavy atom. The van der Waals surface area contributed by atoms with Crippen LogP contribution >= 0.6 is 0 Å². The van der Waals surface area contributed by atoms with E-state index in [-0.39, 0.29) is 35.0 Å². The van der Waals surface area contributed by atoms with Crippen molar-refractivity contribution in [1.82, 2.24) is 35.5 Å². The molecule has 8 rings (SSSR count). The van der Waals surface area contributed by atoms with E-state index in [1.54, 1.807) is 35.4 Å². The van der Waals surface area contributed by atoms with Gasteiger partial charge in [0, 0.05) is 23.2 Å². The van der Waals surface area contributed by atoms with E-state index in [2.05, 4.69) is 25.6 Å². The lowest BCUT2D eigenvalue weighted by Crippen LogP contribution is -2.51. The zero-order valence-electron chi connectivity index (χ0n) is 28.1. The molecule has 3 aromatic carbocycles. The number of amides is 2. The first-order valence-corrected chi connectivity index (χ1v) is 17.2. The molecule has 258 valence electrons. The smallest absolute Gasteiger partial charge is 0.407 e. The average Bonchev–Trinajstić information content (AvgIpc) is 3.96. The first-order chi connectivity index (χ1) is 24.1. The normalized spacial score (nSPS) is 19.9. The Morgan fingerprint density at radius 3 is 2.38 bits per heavy atom. The minimum atomic E-state index is -3.17. The van der Waals surface area contributed by atoms with Gasteiger partial charge in [0.15, 0.2) is 0 Å². The molecule has 10 nitrogen and oxygen atoms in total. The van der Waals surface area contributed by atoms with E-state index in [9.17, 15) is 9.59 Å². The number of methoxy groups -OCH3 is 1. The number of ether oxygens (including phenoxy) is 1.